The molecule has 0 radical (unpaired) electrons. The molecule has 3 N–H and O–H groups in total. The molecule has 1 fully saturated rings. The van der Waals surface area contributed by atoms with Gasteiger partial charge in [-0.2, -0.15) is 0 Å². The fraction of sp³-hybridized carbons (Fsp3) is 1.00. The monoisotopic (exact) mass is 151 g/mol. The van der Waals surface area contributed by atoms with Gasteiger partial charge in [-0.25, -0.2) is 0 Å². The van der Waals surface area contributed by atoms with Crippen molar-refractivity contribution in [3.05, 3.63) is 0 Å². The van der Waals surface area contributed by atoms with Gasteiger partial charge in [0.1, 0.15) is 0 Å². The van der Waals surface area contributed by atoms with Crippen molar-refractivity contribution in [3.8, 4) is 0 Å². The summed E-state index contributed by atoms with van der Waals surface area (Å²) in [5.41, 5.74) is 5.56. The summed E-state index contributed by atoms with van der Waals surface area (Å²) in [6.45, 7) is 0.938. The molecule has 0 aromatic heterocycles. The number of hydrogen-bond donors (Lipinski definition) is 2. The van der Waals surface area contributed by atoms with Crippen LogP contribution >= 0.6 is 12.4 Å². The maximum absolute atomic E-state index is 8.76. The number of halogens is 1. The van der Waals surface area contributed by atoms with Crippen LogP contribution in [0.4, 0.5) is 0 Å². The van der Waals surface area contributed by atoms with Crippen LogP contribution in [-0.2, 0) is 0 Å². The maximum atomic E-state index is 8.76. The average molecular weight is 152 g/mol. The molecule has 56 valence electrons. The lowest BCUT2D eigenvalue weighted by Gasteiger charge is -2.38. The molecule has 0 atom stereocenters. The van der Waals surface area contributed by atoms with Crippen molar-refractivity contribution in [1.29, 1.82) is 0 Å². The molecule has 0 saturated heterocycles. The van der Waals surface area contributed by atoms with E-state index in [9.17, 15) is 0 Å². The lowest BCUT2D eigenvalue weighted by Crippen LogP contribution is -2.40. The zero-order valence-corrected chi connectivity index (χ0v) is 6.28. The molecule has 3 heteroatoms. The highest BCUT2D eigenvalue weighted by molar-refractivity contribution is 5.85. The molecule has 0 amide bonds. The SMILES string of the molecule is Cl.NCC1(CO)CCC1. The van der Waals surface area contributed by atoms with E-state index in [4.69, 9.17) is 10.8 Å². The first kappa shape index (κ1) is 9.21. The zero-order valence-electron chi connectivity index (χ0n) is 5.47. The number of rotatable bonds is 2. The normalized spacial score (nSPS) is 22.0. The highest BCUT2D eigenvalue weighted by Crippen LogP contribution is 2.38. The van der Waals surface area contributed by atoms with Gasteiger partial charge in [-0.1, -0.05) is 6.42 Å². The van der Waals surface area contributed by atoms with Crippen LogP contribution in [0.15, 0.2) is 0 Å². The fourth-order valence-electron chi connectivity index (χ4n) is 1.10. The third-order valence-corrected chi connectivity index (χ3v) is 2.18. The molecule has 2 nitrogen and oxygen atoms in total. The molecule has 1 aliphatic carbocycles. The molecule has 1 saturated carbocycles. The van der Waals surface area contributed by atoms with Crippen molar-refractivity contribution in [2.24, 2.45) is 11.1 Å². The van der Waals surface area contributed by atoms with Gasteiger partial charge in [-0.15, -0.1) is 12.4 Å². The van der Waals surface area contributed by atoms with E-state index in [2.05, 4.69) is 0 Å². The predicted octanol–water partition coefficient (Wildman–Crippen LogP) is 0.530. The lowest BCUT2D eigenvalue weighted by atomic mass is 9.69. The lowest BCUT2D eigenvalue weighted by molar-refractivity contribution is 0.0535. The van der Waals surface area contributed by atoms with Crippen LogP contribution in [0.2, 0.25) is 0 Å². The summed E-state index contributed by atoms with van der Waals surface area (Å²) in [5, 5.41) is 8.76. The van der Waals surface area contributed by atoms with Crippen LogP contribution in [0, 0.1) is 5.41 Å². The minimum absolute atomic E-state index is 0. The second kappa shape index (κ2) is 3.40. The van der Waals surface area contributed by atoms with Crippen molar-refractivity contribution in [1.82, 2.24) is 0 Å². The molecular weight excluding hydrogens is 138 g/mol. The molecule has 0 aliphatic heterocycles. The van der Waals surface area contributed by atoms with Crippen molar-refractivity contribution in [3.63, 3.8) is 0 Å². The Labute approximate surface area is 61.8 Å². The first-order valence-electron chi connectivity index (χ1n) is 3.14. The van der Waals surface area contributed by atoms with E-state index in [0.29, 0.717) is 6.54 Å². The predicted molar refractivity (Wildman–Crippen MR) is 39.7 cm³/mol. The number of nitrogens with two attached hydrogens (primary N) is 1. The Kier molecular flexibility index (Phi) is 3.48. The third-order valence-electron chi connectivity index (χ3n) is 2.18. The minimum atomic E-state index is 0. The van der Waals surface area contributed by atoms with E-state index in [1.807, 2.05) is 0 Å². The summed E-state index contributed by atoms with van der Waals surface area (Å²) < 4.78 is 0. The molecular formula is C6H14ClNO. The first-order chi connectivity index (χ1) is 3.83. The molecule has 1 aliphatic rings. The van der Waals surface area contributed by atoms with Crippen LogP contribution in [-0.4, -0.2) is 18.3 Å². The molecule has 9 heavy (non-hydrogen) atoms. The van der Waals surface area contributed by atoms with Gasteiger partial charge >= 0.3 is 0 Å². The van der Waals surface area contributed by atoms with Gasteiger partial charge in [-0.3, -0.25) is 0 Å². The largest absolute Gasteiger partial charge is 0.396 e. The van der Waals surface area contributed by atoms with Crippen molar-refractivity contribution in [2.75, 3.05) is 13.2 Å². The van der Waals surface area contributed by atoms with E-state index in [0.717, 1.165) is 12.8 Å². The quantitative estimate of drug-likeness (QED) is 0.605. The number of aliphatic hydroxyl groups excluding tert-OH is 1. The number of hydrogen-bond acceptors (Lipinski definition) is 2. The van der Waals surface area contributed by atoms with E-state index in [-0.39, 0.29) is 24.4 Å². The topological polar surface area (TPSA) is 46.2 Å². The summed E-state index contributed by atoms with van der Waals surface area (Å²) in [5.74, 6) is 0. The van der Waals surface area contributed by atoms with Crippen LogP contribution in [0.3, 0.4) is 0 Å². The standard InChI is InChI=1S/C6H13NO.ClH/c7-4-6(5-8)2-1-3-6;/h8H,1-5,7H2;1H. The summed E-state index contributed by atoms with van der Waals surface area (Å²) in [4.78, 5) is 0. The summed E-state index contributed by atoms with van der Waals surface area (Å²) in [7, 11) is 0. The molecule has 0 spiro atoms. The van der Waals surface area contributed by atoms with E-state index in [1.165, 1.54) is 6.42 Å². The Morgan fingerprint density at radius 1 is 1.44 bits per heavy atom. The highest BCUT2D eigenvalue weighted by Gasteiger charge is 2.34. The maximum Gasteiger partial charge on any atom is 0.0499 e. The molecule has 0 aromatic rings. The second-order valence-corrected chi connectivity index (χ2v) is 2.72. The highest BCUT2D eigenvalue weighted by atomic mass is 35.5. The van der Waals surface area contributed by atoms with E-state index >= 15 is 0 Å². The molecule has 0 bridgehead atoms. The minimum Gasteiger partial charge on any atom is -0.396 e. The van der Waals surface area contributed by atoms with Crippen LogP contribution in [0.25, 0.3) is 0 Å². The van der Waals surface area contributed by atoms with Crippen molar-refractivity contribution >= 4 is 12.4 Å². The summed E-state index contributed by atoms with van der Waals surface area (Å²) in [6.07, 6.45) is 3.50. The summed E-state index contributed by atoms with van der Waals surface area (Å²) in [6, 6.07) is 0. The molecule has 0 aromatic carbocycles. The van der Waals surface area contributed by atoms with E-state index < -0.39 is 0 Å². The Bertz CT molecular complexity index is 69.6. The Morgan fingerprint density at radius 2 is 2.00 bits per heavy atom. The first-order valence-corrected chi connectivity index (χ1v) is 3.14. The van der Waals surface area contributed by atoms with Crippen LogP contribution < -0.4 is 5.73 Å². The fourth-order valence-corrected chi connectivity index (χ4v) is 1.10. The van der Waals surface area contributed by atoms with Crippen molar-refractivity contribution < 1.29 is 5.11 Å². The third kappa shape index (κ3) is 1.57. The zero-order chi connectivity index (χ0) is 6.04. The van der Waals surface area contributed by atoms with Gasteiger partial charge in [0.2, 0.25) is 0 Å². The van der Waals surface area contributed by atoms with Crippen LogP contribution in [0.1, 0.15) is 19.3 Å². The Balaban J connectivity index is 0.000000640. The smallest absolute Gasteiger partial charge is 0.0499 e. The van der Waals surface area contributed by atoms with Gasteiger partial charge in [0.05, 0.1) is 0 Å². The number of aliphatic hydroxyl groups is 1. The summed E-state index contributed by atoms with van der Waals surface area (Å²) >= 11 is 0. The van der Waals surface area contributed by atoms with Gasteiger partial charge in [0.15, 0.2) is 0 Å². The molecule has 0 unspecified atom stereocenters. The van der Waals surface area contributed by atoms with Gasteiger partial charge < -0.3 is 10.8 Å². The Hall–Kier alpha value is 0.210. The average Bonchev–Trinajstić information content (AvgIpc) is 1.67. The van der Waals surface area contributed by atoms with Gasteiger partial charge in [0, 0.05) is 18.6 Å². The molecule has 1 rings (SSSR count). The van der Waals surface area contributed by atoms with Gasteiger partial charge in [0.25, 0.3) is 0 Å². The second-order valence-electron chi connectivity index (χ2n) is 2.72. The Morgan fingerprint density at radius 3 is 2.00 bits per heavy atom. The van der Waals surface area contributed by atoms with Gasteiger partial charge in [-0.05, 0) is 12.8 Å². The van der Waals surface area contributed by atoms with Crippen LogP contribution in [0.5, 0.6) is 0 Å². The van der Waals surface area contributed by atoms with E-state index in [1.54, 1.807) is 0 Å². The van der Waals surface area contributed by atoms with Crippen molar-refractivity contribution in [2.45, 2.75) is 19.3 Å². The molecule has 0 heterocycles.